The Morgan fingerprint density at radius 1 is 0.778 bits per heavy atom. The maximum Gasteiger partial charge on any atom is 0.248 e. The van der Waals surface area contributed by atoms with Crippen molar-refractivity contribution in [1.29, 1.82) is 10.5 Å². The molecule has 6 nitrogen and oxygen atoms in total. The normalized spacial score (nSPS) is 11.3. The van der Waals surface area contributed by atoms with Gasteiger partial charge in [-0.15, -0.1) is 0 Å². The molecule has 0 aliphatic heterocycles. The molecular formula is C37H32N4O2S2. The van der Waals surface area contributed by atoms with Crippen LogP contribution in [0.4, 0.5) is 5.69 Å². The summed E-state index contributed by atoms with van der Waals surface area (Å²) in [5, 5.41) is 21.0. The van der Waals surface area contributed by atoms with Gasteiger partial charge in [-0.3, -0.25) is 9.59 Å². The lowest BCUT2D eigenvalue weighted by Crippen LogP contribution is -2.26. The predicted molar refractivity (Wildman–Crippen MR) is 184 cm³/mol. The van der Waals surface area contributed by atoms with Crippen LogP contribution >= 0.6 is 23.5 Å². The van der Waals surface area contributed by atoms with Gasteiger partial charge in [0.25, 0.3) is 0 Å². The molecule has 0 radical (unpaired) electrons. The van der Waals surface area contributed by atoms with E-state index in [2.05, 4.69) is 17.5 Å². The number of thioether (sulfide) groups is 2. The molecule has 0 aliphatic rings. The van der Waals surface area contributed by atoms with Gasteiger partial charge < -0.3 is 10.2 Å². The van der Waals surface area contributed by atoms with Crippen molar-refractivity contribution < 1.29 is 9.59 Å². The molecule has 4 aromatic rings. The molecule has 0 fully saturated rings. The van der Waals surface area contributed by atoms with Crippen LogP contribution in [-0.2, 0) is 9.59 Å². The number of nitriles is 2. The number of nitrogens with one attached hydrogen (secondary N) is 1. The Labute approximate surface area is 273 Å². The topological polar surface area (TPSA) is 97.0 Å². The predicted octanol–water partition coefficient (Wildman–Crippen LogP) is 8.24. The number of benzene rings is 4. The largest absolute Gasteiger partial charge is 0.369 e. The van der Waals surface area contributed by atoms with Gasteiger partial charge in [0.2, 0.25) is 11.0 Å². The second-order valence-electron chi connectivity index (χ2n) is 9.86. The molecule has 1 N–H and O–H groups in total. The van der Waals surface area contributed by atoms with Crippen molar-refractivity contribution in [2.75, 3.05) is 18.0 Å². The first-order valence-corrected chi connectivity index (χ1v) is 16.0. The number of hydrogen-bond acceptors (Lipinski definition) is 7. The van der Waals surface area contributed by atoms with E-state index in [1.807, 2.05) is 121 Å². The molecule has 0 saturated heterocycles. The first-order valence-electron chi connectivity index (χ1n) is 14.4. The van der Waals surface area contributed by atoms with Crippen molar-refractivity contribution in [2.24, 2.45) is 0 Å². The Morgan fingerprint density at radius 3 is 1.89 bits per heavy atom. The summed E-state index contributed by atoms with van der Waals surface area (Å²) in [6.07, 6.45) is 3.81. The quantitative estimate of drug-likeness (QED) is 0.118. The Morgan fingerprint density at radius 2 is 1.33 bits per heavy atom. The summed E-state index contributed by atoms with van der Waals surface area (Å²) in [4.78, 5) is 31.7. The molecule has 0 atom stereocenters. The van der Waals surface area contributed by atoms with Crippen LogP contribution in [0.25, 0.3) is 11.0 Å². The SMILES string of the molecule is Cc1cc(N(CCC#N)CCC#N)ccc1/C(Sc1ccccc1)=C(\NC(=O)/C=C\c1ccccc1)C(=O)Sc1ccccc1. The minimum Gasteiger partial charge on any atom is -0.369 e. The van der Waals surface area contributed by atoms with Crippen molar-refractivity contribution in [3.8, 4) is 12.1 Å². The Hall–Kier alpha value is -5.02. The monoisotopic (exact) mass is 628 g/mol. The molecular weight excluding hydrogens is 597 g/mol. The minimum atomic E-state index is -0.421. The molecule has 0 heterocycles. The fraction of sp³-hybridized carbons (Fsp3) is 0.135. The average Bonchev–Trinajstić information content (AvgIpc) is 3.07. The van der Waals surface area contributed by atoms with Crippen molar-refractivity contribution in [3.05, 3.63) is 138 Å². The zero-order chi connectivity index (χ0) is 31.9. The number of anilines is 1. The van der Waals surface area contributed by atoms with Crippen molar-refractivity contribution >= 4 is 51.2 Å². The molecule has 0 saturated carbocycles. The summed E-state index contributed by atoms with van der Waals surface area (Å²) in [7, 11) is 0. The number of amides is 1. The highest BCUT2D eigenvalue weighted by molar-refractivity contribution is 8.14. The lowest BCUT2D eigenvalue weighted by atomic mass is 10.1. The molecule has 224 valence electrons. The van der Waals surface area contributed by atoms with Gasteiger partial charge >= 0.3 is 0 Å². The number of aryl methyl sites for hydroxylation is 1. The van der Waals surface area contributed by atoms with E-state index in [-0.39, 0.29) is 10.8 Å². The van der Waals surface area contributed by atoms with E-state index >= 15 is 0 Å². The van der Waals surface area contributed by atoms with E-state index in [0.717, 1.165) is 43.9 Å². The third-order valence-electron chi connectivity index (χ3n) is 6.63. The van der Waals surface area contributed by atoms with Crippen LogP contribution in [0, 0.1) is 29.6 Å². The third-order valence-corrected chi connectivity index (χ3v) is 8.66. The highest BCUT2D eigenvalue weighted by atomic mass is 32.2. The molecule has 0 aromatic heterocycles. The summed E-state index contributed by atoms with van der Waals surface area (Å²) in [5.74, 6) is -0.421. The number of hydrogen-bond donors (Lipinski definition) is 1. The van der Waals surface area contributed by atoms with Gasteiger partial charge in [0.1, 0.15) is 5.70 Å². The fourth-order valence-electron chi connectivity index (χ4n) is 4.43. The van der Waals surface area contributed by atoms with E-state index in [9.17, 15) is 9.59 Å². The van der Waals surface area contributed by atoms with Crippen LogP contribution in [0.2, 0.25) is 0 Å². The minimum absolute atomic E-state index is 0.182. The van der Waals surface area contributed by atoms with Gasteiger partial charge in [-0.2, -0.15) is 10.5 Å². The summed E-state index contributed by atoms with van der Waals surface area (Å²) in [6, 6.07) is 38.8. The third kappa shape index (κ3) is 10.0. The zero-order valence-electron chi connectivity index (χ0n) is 24.9. The molecule has 45 heavy (non-hydrogen) atoms. The number of carbonyl (C=O) groups is 2. The van der Waals surface area contributed by atoms with Gasteiger partial charge in [-0.25, -0.2) is 0 Å². The standard InChI is InChI=1S/C37H32N4O2S2/c1-28-27-30(41(25-11-23-38)26-12-24-39)20-21-33(28)36(44-31-15-7-3-8-16-31)35(37(43)45-32-17-9-4-10-18-32)40-34(42)22-19-29-13-5-2-6-14-29/h2-10,13-22,27H,11-12,25-26H2,1H3,(H,40,42)/b22-19-,36-35+. The highest BCUT2D eigenvalue weighted by Gasteiger charge is 2.23. The van der Waals surface area contributed by atoms with Crippen LogP contribution in [0.3, 0.4) is 0 Å². The number of carbonyl (C=O) groups excluding carboxylic acids is 2. The molecule has 4 aromatic carbocycles. The number of nitrogens with zero attached hydrogens (tertiary/aromatic N) is 3. The van der Waals surface area contributed by atoms with Crippen LogP contribution < -0.4 is 10.2 Å². The lowest BCUT2D eigenvalue weighted by Gasteiger charge is -2.24. The van der Waals surface area contributed by atoms with Gasteiger partial charge in [0.05, 0.1) is 25.0 Å². The van der Waals surface area contributed by atoms with E-state index in [1.54, 1.807) is 6.08 Å². The zero-order valence-corrected chi connectivity index (χ0v) is 26.5. The number of rotatable bonds is 13. The summed E-state index contributed by atoms with van der Waals surface area (Å²) >= 11 is 2.46. The van der Waals surface area contributed by atoms with Gasteiger partial charge in [0, 0.05) is 39.5 Å². The van der Waals surface area contributed by atoms with Crippen molar-refractivity contribution in [1.82, 2.24) is 5.32 Å². The van der Waals surface area contributed by atoms with Crippen LogP contribution in [-0.4, -0.2) is 24.1 Å². The first-order chi connectivity index (χ1) is 22.0. The second kappa shape index (κ2) is 17.3. The van der Waals surface area contributed by atoms with Crippen molar-refractivity contribution in [2.45, 2.75) is 29.6 Å². The second-order valence-corrected chi connectivity index (χ2v) is 12.0. The fourth-order valence-corrected chi connectivity index (χ4v) is 6.38. The Balaban J connectivity index is 1.81. The molecule has 1 amide bonds. The lowest BCUT2D eigenvalue weighted by molar-refractivity contribution is -0.117. The van der Waals surface area contributed by atoms with E-state index in [1.165, 1.54) is 17.8 Å². The van der Waals surface area contributed by atoms with E-state index in [0.29, 0.717) is 30.8 Å². The molecule has 8 heteroatoms. The van der Waals surface area contributed by atoms with E-state index < -0.39 is 5.91 Å². The molecule has 0 unspecified atom stereocenters. The maximum absolute atomic E-state index is 14.0. The first kappa shape index (κ1) is 32.9. The van der Waals surface area contributed by atoms with Crippen LogP contribution in [0.1, 0.15) is 29.5 Å². The summed E-state index contributed by atoms with van der Waals surface area (Å²) < 4.78 is 0. The van der Waals surface area contributed by atoms with Crippen molar-refractivity contribution in [3.63, 3.8) is 0 Å². The van der Waals surface area contributed by atoms with Gasteiger partial charge in [0.15, 0.2) is 0 Å². The van der Waals surface area contributed by atoms with Crippen LogP contribution in [0.15, 0.2) is 131 Å². The summed E-state index contributed by atoms with van der Waals surface area (Å²) in [6.45, 7) is 2.96. The van der Waals surface area contributed by atoms with Gasteiger partial charge in [-0.05, 0) is 77.9 Å². The molecule has 0 aliphatic carbocycles. The maximum atomic E-state index is 14.0. The Kier molecular flexibility index (Phi) is 12.7. The molecule has 4 rings (SSSR count). The summed E-state index contributed by atoms with van der Waals surface area (Å²) in [5.41, 5.74) is 3.60. The molecule has 0 bridgehead atoms. The average molecular weight is 629 g/mol. The molecule has 0 spiro atoms. The highest BCUT2D eigenvalue weighted by Crippen LogP contribution is 2.40. The van der Waals surface area contributed by atoms with E-state index in [4.69, 9.17) is 10.5 Å². The van der Waals surface area contributed by atoms with Crippen LogP contribution in [0.5, 0.6) is 0 Å². The Bertz CT molecular complexity index is 1720. The smallest absolute Gasteiger partial charge is 0.248 e. The van der Waals surface area contributed by atoms with Gasteiger partial charge in [-0.1, -0.05) is 84.6 Å².